The topological polar surface area (TPSA) is 69.2 Å². The van der Waals surface area contributed by atoms with Crippen LogP contribution in [0.5, 0.6) is 0 Å². The number of nitro benzene ring substituents is 1. The summed E-state index contributed by atoms with van der Waals surface area (Å²) < 4.78 is 0.615. The van der Waals surface area contributed by atoms with E-state index >= 15 is 0 Å². The van der Waals surface area contributed by atoms with Crippen molar-refractivity contribution < 1.29 is 4.92 Å². The first-order valence-electron chi connectivity index (χ1n) is 3.22. The van der Waals surface area contributed by atoms with Crippen LogP contribution in [0.15, 0.2) is 12.1 Å². The van der Waals surface area contributed by atoms with Gasteiger partial charge in [0, 0.05) is 11.8 Å². The molecule has 0 radical (unpaired) electrons. The molecule has 0 spiro atoms. The van der Waals surface area contributed by atoms with Gasteiger partial charge in [-0.1, -0.05) is 0 Å². The van der Waals surface area contributed by atoms with Gasteiger partial charge in [-0.2, -0.15) is 0 Å². The van der Waals surface area contributed by atoms with Crippen LogP contribution in [0.2, 0.25) is 0 Å². The van der Waals surface area contributed by atoms with E-state index in [1.165, 1.54) is 6.07 Å². The molecule has 0 aromatic heterocycles. The van der Waals surface area contributed by atoms with Gasteiger partial charge in [-0.25, -0.2) is 0 Å². The SMILES string of the molecule is Cc1cc(I)c([N+](=O)[O-])cc1N. The number of halogens is 1. The Morgan fingerprint density at radius 2 is 2.17 bits per heavy atom. The highest BCUT2D eigenvalue weighted by Gasteiger charge is 2.12. The van der Waals surface area contributed by atoms with Gasteiger partial charge in [0.1, 0.15) is 0 Å². The van der Waals surface area contributed by atoms with Gasteiger partial charge in [-0.3, -0.25) is 10.1 Å². The quantitative estimate of drug-likeness (QED) is 0.370. The third-order valence-corrected chi connectivity index (χ3v) is 2.40. The zero-order chi connectivity index (χ0) is 9.30. The van der Waals surface area contributed by atoms with Gasteiger partial charge in [0.2, 0.25) is 0 Å². The lowest BCUT2D eigenvalue weighted by Crippen LogP contribution is -1.96. The molecule has 0 aliphatic carbocycles. The van der Waals surface area contributed by atoms with Crippen LogP contribution in [0.25, 0.3) is 0 Å². The minimum Gasteiger partial charge on any atom is -0.398 e. The molecule has 0 fully saturated rings. The van der Waals surface area contributed by atoms with Gasteiger partial charge in [0.05, 0.1) is 8.49 Å². The Hall–Kier alpha value is -0.850. The highest BCUT2D eigenvalue weighted by Crippen LogP contribution is 2.25. The van der Waals surface area contributed by atoms with Crippen molar-refractivity contribution >= 4 is 34.0 Å². The summed E-state index contributed by atoms with van der Waals surface area (Å²) in [7, 11) is 0. The van der Waals surface area contributed by atoms with Crippen molar-refractivity contribution in [2.75, 3.05) is 5.73 Å². The van der Waals surface area contributed by atoms with Crippen LogP contribution in [0.3, 0.4) is 0 Å². The molecule has 64 valence electrons. The molecule has 1 rings (SSSR count). The fraction of sp³-hybridized carbons (Fsp3) is 0.143. The molecule has 1 aromatic carbocycles. The molecular weight excluding hydrogens is 271 g/mol. The molecule has 0 atom stereocenters. The van der Waals surface area contributed by atoms with E-state index in [0.29, 0.717) is 9.26 Å². The van der Waals surface area contributed by atoms with E-state index in [9.17, 15) is 10.1 Å². The lowest BCUT2D eigenvalue weighted by atomic mass is 10.2. The molecule has 0 saturated carbocycles. The Bertz CT molecular complexity index is 338. The van der Waals surface area contributed by atoms with E-state index in [4.69, 9.17) is 5.73 Å². The molecule has 0 amide bonds. The summed E-state index contributed by atoms with van der Waals surface area (Å²) in [6.45, 7) is 1.82. The first-order valence-corrected chi connectivity index (χ1v) is 4.30. The van der Waals surface area contributed by atoms with Crippen LogP contribution in [0, 0.1) is 20.6 Å². The number of aryl methyl sites for hydroxylation is 1. The lowest BCUT2D eigenvalue weighted by molar-refractivity contribution is -0.385. The van der Waals surface area contributed by atoms with Crippen LogP contribution in [0.4, 0.5) is 11.4 Å². The van der Waals surface area contributed by atoms with Crippen LogP contribution in [-0.4, -0.2) is 4.92 Å². The lowest BCUT2D eigenvalue weighted by Gasteiger charge is -2.00. The monoisotopic (exact) mass is 278 g/mol. The molecule has 2 N–H and O–H groups in total. The first kappa shape index (κ1) is 9.24. The van der Waals surface area contributed by atoms with Crippen LogP contribution in [-0.2, 0) is 0 Å². The summed E-state index contributed by atoms with van der Waals surface area (Å²) in [4.78, 5) is 10.00. The minimum absolute atomic E-state index is 0.0682. The zero-order valence-corrected chi connectivity index (χ0v) is 8.53. The van der Waals surface area contributed by atoms with Crippen molar-refractivity contribution in [3.05, 3.63) is 31.4 Å². The van der Waals surface area contributed by atoms with Crippen molar-refractivity contribution in [2.24, 2.45) is 0 Å². The second-order valence-corrected chi connectivity index (χ2v) is 3.58. The Morgan fingerprint density at radius 1 is 1.58 bits per heavy atom. The zero-order valence-electron chi connectivity index (χ0n) is 6.37. The fourth-order valence-corrected chi connectivity index (χ4v) is 1.64. The van der Waals surface area contributed by atoms with Gasteiger partial charge in [-0.15, -0.1) is 0 Å². The van der Waals surface area contributed by atoms with Crippen LogP contribution in [0.1, 0.15) is 5.56 Å². The molecule has 0 aliphatic rings. The molecule has 0 bridgehead atoms. The van der Waals surface area contributed by atoms with Gasteiger partial charge in [-0.05, 0) is 41.1 Å². The summed E-state index contributed by atoms with van der Waals surface area (Å²) in [6.07, 6.45) is 0. The fourth-order valence-electron chi connectivity index (χ4n) is 0.817. The minimum atomic E-state index is -0.433. The van der Waals surface area contributed by atoms with E-state index in [0.717, 1.165) is 5.56 Å². The summed E-state index contributed by atoms with van der Waals surface area (Å²) in [6, 6.07) is 3.09. The van der Waals surface area contributed by atoms with Gasteiger partial charge in [0.15, 0.2) is 0 Å². The number of rotatable bonds is 1. The maximum Gasteiger partial charge on any atom is 0.284 e. The normalized spacial score (nSPS) is 9.83. The van der Waals surface area contributed by atoms with Crippen LogP contribution >= 0.6 is 22.6 Å². The van der Waals surface area contributed by atoms with E-state index in [1.54, 1.807) is 6.07 Å². The van der Waals surface area contributed by atoms with Crippen molar-refractivity contribution in [1.29, 1.82) is 0 Å². The maximum absolute atomic E-state index is 10.4. The maximum atomic E-state index is 10.4. The molecule has 1 aromatic rings. The summed E-state index contributed by atoms with van der Waals surface area (Å²) in [5.74, 6) is 0. The molecule has 5 heteroatoms. The number of nitrogens with two attached hydrogens (primary N) is 1. The predicted octanol–water partition coefficient (Wildman–Crippen LogP) is 2.09. The van der Waals surface area contributed by atoms with Crippen LogP contribution < -0.4 is 5.73 Å². The highest BCUT2D eigenvalue weighted by molar-refractivity contribution is 14.1. The van der Waals surface area contributed by atoms with E-state index in [-0.39, 0.29) is 5.69 Å². The molecule has 0 unspecified atom stereocenters. The van der Waals surface area contributed by atoms with Crippen molar-refractivity contribution in [3.63, 3.8) is 0 Å². The molecule has 4 nitrogen and oxygen atoms in total. The van der Waals surface area contributed by atoms with E-state index in [1.807, 2.05) is 29.5 Å². The average Bonchev–Trinajstić information content (AvgIpc) is 1.96. The molecular formula is C7H7IN2O2. The summed E-state index contributed by atoms with van der Waals surface area (Å²) in [5.41, 5.74) is 6.91. The van der Waals surface area contributed by atoms with Gasteiger partial charge in [0.25, 0.3) is 5.69 Å². The predicted molar refractivity (Wildman–Crippen MR) is 55.0 cm³/mol. The Kier molecular flexibility index (Phi) is 2.51. The third kappa shape index (κ3) is 1.66. The molecule has 0 saturated heterocycles. The highest BCUT2D eigenvalue weighted by atomic mass is 127. The second kappa shape index (κ2) is 3.26. The second-order valence-electron chi connectivity index (χ2n) is 2.42. The number of hydrogen-bond acceptors (Lipinski definition) is 3. The van der Waals surface area contributed by atoms with Gasteiger partial charge >= 0.3 is 0 Å². The van der Waals surface area contributed by atoms with Crippen molar-refractivity contribution in [2.45, 2.75) is 6.92 Å². The number of nitrogens with zero attached hydrogens (tertiary/aromatic N) is 1. The number of hydrogen-bond donors (Lipinski definition) is 1. The van der Waals surface area contributed by atoms with Gasteiger partial charge < -0.3 is 5.73 Å². The molecule has 12 heavy (non-hydrogen) atoms. The van der Waals surface area contributed by atoms with Crippen molar-refractivity contribution in [1.82, 2.24) is 0 Å². The molecule has 0 aliphatic heterocycles. The molecule has 0 heterocycles. The standard InChI is InChI=1S/C7H7IN2O2/c1-4-2-5(8)7(10(11)12)3-6(4)9/h2-3H,9H2,1H3. The number of anilines is 1. The Morgan fingerprint density at radius 3 is 2.67 bits per heavy atom. The van der Waals surface area contributed by atoms with E-state index < -0.39 is 4.92 Å². The third-order valence-electron chi connectivity index (χ3n) is 1.53. The number of nitro groups is 1. The van der Waals surface area contributed by atoms with E-state index in [2.05, 4.69) is 0 Å². The largest absolute Gasteiger partial charge is 0.398 e. The number of nitrogen functional groups attached to an aromatic ring is 1. The first-order chi connectivity index (χ1) is 5.52. The Labute approximate surface area is 83.1 Å². The van der Waals surface area contributed by atoms with Crippen molar-refractivity contribution in [3.8, 4) is 0 Å². The number of benzene rings is 1. The smallest absolute Gasteiger partial charge is 0.284 e. The summed E-state index contributed by atoms with van der Waals surface area (Å²) in [5, 5.41) is 10.4. The summed E-state index contributed by atoms with van der Waals surface area (Å²) >= 11 is 1.92. The average molecular weight is 278 g/mol. The Balaban J connectivity index is 3.33.